The summed E-state index contributed by atoms with van der Waals surface area (Å²) in [6.45, 7) is 7.85. The lowest BCUT2D eigenvalue weighted by Crippen LogP contribution is -2.13. The van der Waals surface area contributed by atoms with Crippen LogP contribution in [0, 0.1) is 6.92 Å². The van der Waals surface area contributed by atoms with Gasteiger partial charge in [0.2, 0.25) is 0 Å². The summed E-state index contributed by atoms with van der Waals surface area (Å²) in [7, 11) is 3.29. The van der Waals surface area contributed by atoms with Gasteiger partial charge in [-0.1, -0.05) is 5.57 Å². The van der Waals surface area contributed by atoms with E-state index in [0.29, 0.717) is 0 Å². The van der Waals surface area contributed by atoms with E-state index in [2.05, 4.69) is 6.58 Å². The topological polar surface area (TPSA) is 44.5 Å². The zero-order valence-electron chi connectivity index (χ0n) is 11.4. The van der Waals surface area contributed by atoms with Crippen LogP contribution in [0.25, 0.3) is 0 Å². The highest BCUT2D eigenvalue weighted by atomic mass is 35.5. The van der Waals surface area contributed by atoms with Crippen LogP contribution in [0.3, 0.4) is 0 Å². The fourth-order valence-electron chi connectivity index (χ4n) is 1.91. The van der Waals surface area contributed by atoms with Gasteiger partial charge in [0, 0.05) is 6.04 Å². The molecule has 0 unspecified atom stereocenters. The van der Waals surface area contributed by atoms with Crippen molar-refractivity contribution in [2.75, 3.05) is 14.2 Å². The summed E-state index contributed by atoms with van der Waals surface area (Å²) >= 11 is 0. The van der Waals surface area contributed by atoms with E-state index in [1.54, 1.807) is 14.2 Å². The van der Waals surface area contributed by atoms with Crippen LogP contribution >= 0.6 is 12.4 Å². The summed E-state index contributed by atoms with van der Waals surface area (Å²) in [4.78, 5) is 0. The highest BCUT2D eigenvalue weighted by molar-refractivity contribution is 5.85. The maximum Gasteiger partial charge on any atom is 0.127 e. The van der Waals surface area contributed by atoms with Crippen molar-refractivity contribution in [1.29, 1.82) is 0 Å². The number of rotatable bonds is 5. The molecule has 0 spiro atoms. The van der Waals surface area contributed by atoms with E-state index >= 15 is 0 Å². The van der Waals surface area contributed by atoms with E-state index < -0.39 is 0 Å². The molecule has 0 aliphatic carbocycles. The quantitative estimate of drug-likeness (QED) is 0.835. The largest absolute Gasteiger partial charge is 0.496 e. The average molecular weight is 272 g/mol. The molecule has 102 valence electrons. The zero-order chi connectivity index (χ0) is 13.0. The molecule has 1 rings (SSSR count). The standard InChI is InChI=1S/C14H21NO2.ClH/c1-9(2)6-11(15)14-12(16-4)7-10(3)8-13(14)17-5;/h7-8,11H,1,6,15H2,2-5H3;1H/t11-;/m0./s1. The number of halogens is 1. The Morgan fingerprint density at radius 1 is 1.28 bits per heavy atom. The maximum atomic E-state index is 6.18. The molecule has 0 saturated heterocycles. The fourth-order valence-corrected chi connectivity index (χ4v) is 1.91. The van der Waals surface area contributed by atoms with Gasteiger partial charge in [0.05, 0.1) is 19.8 Å². The molecule has 0 amide bonds. The molecule has 18 heavy (non-hydrogen) atoms. The molecule has 0 bridgehead atoms. The molecule has 0 aromatic heterocycles. The summed E-state index contributed by atoms with van der Waals surface area (Å²) in [6, 6.07) is 3.78. The van der Waals surface area contributed by atoms with Crippen LogP contribution in [0.4, 0.5) is 0 Å². The van der Waals surface area contributed by atoms with Gasteiger partial charge in [-0.3, -0.25) is 0 Å². The first-order chi connectivity index (χ1) is 7.99. The molecule has 1 atom stereocenters. The molecule has 3 nitrogen and oxygen atoms in total. The molecule has 1 aromatic carbocycles. The predicted octanol–water partition coefficient (Wildman–Crippen LogP) is 3.40. The Kier molecular flexibility index (Phi) is 6.81. The molecule has 0 aliphatic rings. The first kappa shape index (κ1) is 16.8. The van der Waals surface area contributed by atoms with Crippen LogP contribution in [-0.2, 0) is 0 Å². The third-order valence-electron chi connectivity index (χ3n) is 2.63. The Morgan fingerprint density at radius 3 is 2.06 bits per heavy atom. The predicted molar refractivity (Wildman–Crippen MR) is 77.9 cm³/mol. The van der Waals surface area contributed by atoms with Crippen LogP contribution in [0.15, 0.2) is 24.3 Å². The number of benzene rings is 1. The Morgan fingerprint density at radius 2 is 1.72 bits per heavy atom. The molecule has 0 heterocycles. The van der Waals surface area contributed by atoms with E-state index in [1.807, 2.05) is 26.0 Å². The number of hydrogen-bond donors (Lipinski definition) is 1. The van der Waals surface area contributed by atoms with E-state index in [1.165, 1.54) is 0 Å². The third kappa shape index (κ3) is 3.93. The SMILES string of the molecule is C=C(C)C[C@H](N)c1c(OC)cc(C)cc1OC.Cl. The average Bonchev–Trinajstić information content (AvgIpc) is 2.26. The first-order valence-corrected chi connectivity index (χ1v) is 5.62. The normalized spacial score (nSPS) is 11.4. The van der Waals surface area contributed by atoms with Gasteiger partial charge in [-0.2, -0.15) is 0 Å². The van der Waals surface area contributed by atoms with Crippen molar-refractivity contribution in [3.8, 4) is 11.5 Å². The molecular weight excluding hydrogens is 250 g/mol. The second kappa shape index (κ2) is 7.29. The van der Waals surface area contributed by atoms with Crippen molar-refractivity contribution in [2.45, 2.75) is 26.3 Å². The van der Waals surface area contributed by atoms with Crippen LogP contribution in [0.1, 0.15) is 30.5 Å². The van der Waals surface area contributed by atoms with E-state index in [0.717, 1.165) is 34.6 Å². The van der Waals surface area contributed by atoms with Crippen molar-refractivity contribution in [2.24, 2.45) is 5.73 Å². The van der Waals surface area contributed by atoms with Gasteiger partial charge in [-0.25, -0.2) is 0 Å². The Hall–Kier alpha value is -1.19. The summed E-state index contributed by atoms with van der Waals surface area (Å²) in [6.07, 6.45) is 0.718. The molecule has 4 heteroatoms. The van der Waals surface area contributed by atoms with Gasteiger partial charge >= 0.3 is 0 Å². The number of nitrogens with two attached hydrogens (primary N) is 1. The van der Waals surface area contributed by atoms with E-state index in [4.69, 9.17) is 15.2 Å². The lowest BCUT2D eigenvalue weighted by molar-refractivity contribution is 0.378. The number of hydrogen-bond acceptors (Lipinski definition) is 3. The summed E-state index contributed by atoms with van der Waals surface area (Å²) in [5.41, 5.74) is 9.22. The number of methoxy groups -OCH3 is 2. The van der Waals surface area contributed by atoms with Gasteiger partial charge in [0.15, 0.2) is 0 Å². The Balaban J connectivity index is 0.00000289. The second-order valence-electron chi connectivity index (χ2n) is 4.35. The number of aryl methyl sites for hydroxylation is 1. The molecule has 0 aliphatic heterocycles. The van der Waals surface area contributed by atoms with Crippen LogP contribution in [0.2, 0.25) is 0 Å². The van der Waals surface area contributed by atoms with Gasteiger partial charge in [0.1, 0.15) is 11.5 Å². The van der Waals surface area contributed by atoms with Crippen molar-refractivity contribution in [1.82, 2.24) is 0 Å². The highest BCUT2D eigenvalue weighted by Gasteiger charge is 2.18. The summed E-state index contributed by atoms with van der Waals surface area (Å²) < 4.78 is 10.8. The smallest absolute Gasteiger partial charge is 0.127 e. The highest BCUT2D eigenvalue weighted by Crippen LogP contribution is 2.36. The van der Waals surface area contributed by atoms with Crippen LogP contribution in [0.5, 0.6) is 11.5 Å². The minimum absolute atomic E-state index is 0. The molecule has 0 radical (unpaired) electrons. The van der Waals surface area contributed by atoms with Crippen molar-refractivity contribution in [3.05, 3.63) is 35.4 Å². The number of ether oxygens (including phenoxy) is 2. The Bertz CT molecular complexity index is 393. The van der Waals surface area contributed by atoms with Gasteiger partial charge in [0.25, 0.3) is 0 Å². The van der Waals surface area contributed by atoms with E-state index in [-0.39, 0.29) is 18.4 Å². The Labute approximate surface area is 115 Å². The summed E-state index contributed by atoms with van der Waals surface area (Å²) in [5.74, 6) is 1.55. The fraction of sp³-hybridized carbons (Fsp3) is 0.429. The van der Waals surface area contributed by atoms with Crippen molar-refractivity contribution in [3.63, 3.8) is 0 Å². The zero-order valence-corrected chi connectivity index (χ0v) is 12.3. The van der Waals surface area contributed by atoms with Crippen molar-refractivity contribution >= 4 is 12.4 Å². The monoisotopic (exact) mass is 271 g/mol. The molecule has 1 aromatic rings. The summed E-state index contributed by atoms with van der Waals surface area (Å²) in [5, 5.41) is 0. The van der Waals surface area contributed by atoms with Gasteiger partial charge in [-0.15, -0.1) is 19.0 Å². The second-order valence-corrected chi connectivity index (χ2v) is 4.35. The molecule has 0 fully saturated rings. The molecule has 0 saturated carbocycles. The van der Waals surface area contributed by atoms with Gasteiger partial charge < -0.3 is 15.2 Å². The molecule has 2 N–H and O–H groups in total. The van der Waals surface area contributed by atoms with E-state index in [9.17, 15) is 0 Å². The van der Waals surface area contributed by atoms with Crippen molar-refractivity contribution < 1.29 is 9.47 Å². The van der Waals surface area contributed by atoms with Crippen LogP contribution in [-0.4, -0.2) is 14.2 Å². The maximum absolute atomic E-state index is 6.18. The van der Waals surface area contributed by atoms with Crippen LogP contribution < -0.4 is 15.2 Å². The first-order valence-electron chi connectivity index (χ1n) is 5.62. The minimum Gasteiger partial charge on any atom is -0.496 e. The minimum atomic E-state index is -0.155. The van der Waals surface area contributed by atoms with Gasteiger partial charge in [-0.05, 0) is 38.0 Å². The third-order valence-corrected chi connectivity index (χ3v) is 2.63. The lowest BCUT2D eigenvalue weighted by atomic mass is 9.98. The molecular formula is C14H22ClNO2. The lowest BCUT2D eigenvalue weighted by Gasteiger charge is -2.19.